The lowest BCUT2D eigenvalue weighted by Crippen LogP contribution is -2.33. The maximum atomic E-state index is 11.9. The molecule has 0 atom stereocenters. The lowest BCUT2D eigenvalue weighted by atomic mass is 10.1. The van der Waals surface area contributed by atoms with E-state index in [4.69, 9.17) is 5.11 Å². The van der Waals surface area contributed by atoms with Gasteiger partial charge in [0.1, 0.15) is 6.61 Å². The lowest BCUT2D eigenvalue weighted by Gasteiger charge is -2.06. The Balaban J connectivity index is 2.63. The van der Waals surface area contributed by atoms with Crippen molar-refractivity contribution in [2.24, 2.45) is 0 Å². The van der Waals surface area contributed by atoms with Crippen LogP contribution < -0.4 is 10.6 Å². The van der Waals surface area contributed by atoms with Crippen molar-refractivity contribution in [3.05, 3.63) is 29.6 Å². The Morgan fingerprint density at radius 3 is 2.79 bits per heavy atom. The number of rotatable bonds is 4. The van der Waals surface area contributed by atoms with Crippen LogP contribution >= 0.6 is 0 Å². The molecule has 19 heavy (non-hydrogen) atoms. The van der Waals surface area contributed by atoms with Crippen molar-refractivity contribution in [1.82, 2.24) is 15.6 Å². The average Bonchev–Trinajstić information content (AvgIpc) is 2.41. The fraction of sp³-hybridized carbons (Fsp3) is 0.308. The van der Waals surface area contributed by atoms with Crippen molar-refractivity contribution in [3.63, 3.8) is 0 Å². The molecule has 0 fully saturated rings. The van der Waals surface area contributed by atoms with E-state index in [0.29, 0.717) is 24.2 Å². The van der Waals surface area contributed by atoms with Crippen molar-refractivity contribution in [2.45, 2.75) is 6.92 Å². The molecular formula is C13H15N3O3. The summed E-state index contributed by atoms with van der Waals surface area (Å²) < 4.78 is 0. The highest BCUT2D eigenvalue weighted by Crippen LogP contribution is 2.04. The predicted octanol–water partition coefficient (Wildman–Crippen LogP) is -0.709. The molecule has 100 valence electrons. The number of hydrogen-bond acceptors (Lipinski definition) is 4. The van der Waals surface area contributed by atoms with E-state index in [2.05, 4.69) is 27.5 Å². The van der Waals surface area contributed by atoms with Gasteiger partial charge in [-0.15, -0.1) is 0 Å². The standard InChI is InChI=1S/C13H15N3O3/c1-10(18)15-6-7-16-13(19)12-4-5-14-9-11(12)3-2-8-17/h4-5,9,17H,6-8H2,1H3,(H,15,18)(H,16,19). The maximum Gasteiger partial charge on any atom is 0.252 e. The number of nitrogens with zero attached hydrogens (tertiary/aromatic N) is 1. The van der Waals surface area contributed by atoms with Crippen LogP contribution in [0, 0.1) is 11.8 Å². The first-order chi connectivity index (χ1) is 9.15. The lowest BCUT2D eigenvalue weighted by molar-refractivity contribution is -0.118. The van der Waals surface area contributed by atoms with Crippen molar-refractivity contribution >= 4 is 11.8 Å². The summed E-state index contributed by atoms with van der Waals surface area (Å²) in [5.74, 6) is 4.69. The summed E-state index contributed by atoms with van der Waals surface area (Å²) in [6.45, 7) is 1.82. The van der Waals surface area contributed by atoms with Gasteiger partial charge in [-0.1, -0.05) is 11.8 Å². The highest BCUT2D eigenvalue weighted by atomic mass is 16.2. The first-order valence-electron chi connectivity index (χ1n) is 5.71. The summed E-state index contributed by atoms with van der Waals surface area (Å²) in [5.41, 5.74) is 0.840. The second-order valence-corrected chi connectivity index (χ2v) is 3.62. The molecule has 1 aromatic rings. The average molecular weight is 261 g/mol. The van der Waals surface area contributed by atoms with Crippen molar-refractivity contribution in [1.29, 1.82) is 0 Å². The van der Waals surface area contributed by atoms with E-state index < -0.39 is 0 Å². The Kier molecular flexibility index (Phi) is 6.06. The predicted molar refractivity (Wildman–Crippen MR) is 69.2 cm³/mol. The molecule has 0 radical (unpaired) electrons. The molecule has 0 aliphatic carbocycles. The first kappa shape index (κ1) is 14.7. The largest absolute Gasteiger partial charge is 0.384 e. The fourth-order valence-electron chi connectivity index (χ4n) is 1.34. The summed E-state index contributed by atoms with van der Waals surface area (Å²) in [4.78, 5) is 26.4. The van der Waals surface area contributed by atoms with Crippen LogP contribution in [0.3, 0.4) is 0 Å². The van der Waals surface area contributed by atoms with Crippen molar-refractivity contribution in [2.75, 3.05) is 19.7 Å². The van der Waals surface area contributed by atoms with E-state index in [1.54, 1.807) is 6.07 Å². The van der Waals surface area contributed by atoms with Crippen LogP contribution in [-0.4, -0.2) is 41.6 Å². The number of carbonyl (C=O) groups excluding carboxylic acids is 2. The molecule has 6 heteroatoms. The third-order valence-electron chi connectivity index (χ3n) is 2.15. The van der Waals surface area contributed by atoms with Crippen molar-refractivity contribution in [3.8, 4) is 11.8 Å². The van der Waals surface area contributed by atoms with Gasteiger partial charge in [-0.25, -0.2) is 0 Å². The first-order valence-corrected chi connectivity index (χ1v) is 5.71. The molecule has 0 unspecified atom stereocenters. The molecule has 0 saturated carbocycles. The Bertz CT molecular complexity index is 517. The second kappa shape index (κ2) is 7.84. The highest BCUT2D eigenvalue weighted by Gasteiger charge is 2.09. The smallest absolute Gasteiger partial charge is 0.252 e. The van der Waals surface area contributed by atoms with Crippen LogP contribution in [-0.2, 0) is 4.79 Å². The topological polar surface area (TPSA) is 91.3 Å². The molecule has 0 aliphatic rings. The third-order valence-corrected chi connectivity index (χ3v) is 2.15. The Morgan fingerprint density at radius 1 is 1.37 bits per heavy atom. The summed E-state index contributed by atoms with van der Waals surface area (Å²) in [7, 11) is 0. The molecule has 0 bridgehead atoms. The minimum Gasteiger partial charge on any atom is -0.384 e. The highest BCUT2D eigenvalue weighted by molar-refractivity contribution is 5.96. The zero-order chi connectivity index (χ0) is 14.1. The molecule has 3 N–H and O–H groups in total. The van der Waals surface area contributed by atoms with E-state index in [9.17, 15) is 9.59 Å². The number of amides is 2. The molecule has 2 amide bonds. The molecule has 1 heterocycles. The van der Waals surface area contributed by atoms with Gasteiger partial charge in [-0.3, -0.25) is 14.6 Å². The molecule has 0 saturated heterocycles. The zero-order valence-corrected chi connectivity index (χ0v) is 10.6. The number of carbonyl (C=O) groups is 2. The molecule has 0 spiro atoms. The number of hydrogen-bond donors (Lipinski definition) is 3. The molecule has 0 aromatic carbocycles. The van der Waals surface area contributed by atoms with Gasteiger partial charge in [0.05, 0.1) is 11.1 Å². The quantitative estimate of drug-likeness (QED) is 0.493. The van der Waals surface area contributed by atoms with Gasteiger partial charge in [0.15, 0.2) is 0 Å². The van der Waals surface area contributed by atoms with Gasteiger partial charge in [-0.2, -0.15) is 0 Å². The second-order valence-electron chi connectivity index (χ2n) is 3.62. The van der Waals surface area contributed by atoms with Gasteiger partial charge in [-0.05, 0) is 6.07 Å². The SMILES string of the molecule is CC(=O)NCCNC(=O)c1ccncc1C#CCO. The van der Waals surface area contributed by atoms with E-state index in [0.717, 1.165) is 0 Å². The van der Waals surface area contributed by atoms with Crippen molar-refractivity contribution < 1.29 is 14.7 Å². The summed E-state index contributed by atoms with van der Waals surface area (Å²) in [5, 5.41) is 13.9. The zero-order valence-electron chi connectivity index (χ0n) is 10.6. The monoisotopic (exact) mass is 261 g/mol. The van der Waals surface area contributed by atoms with Crippen LogP contribution in [0.4, 0.5) is 0 Å². The van der Waals surface area contributed by atoms with Crippen LogP contribution in [0.25, 0.3) is 0 Å². The van der Waals surface area contributed by atoms with Crippen LogP contribution in [0.5, 0.6) is 0 Å². The summed E-state index contributed by atoms with van der Waals surface area (Å²) in [6.07, 6.45) is 2.96. The fourth-order valence-corrected chi connectivity index (χ4v) is 1.34. The maximum absolute atomic E-state index is 11.9. The van der Waals surface area contributed by atoms with E-state index in [-0.39, 0.29) is 18.4 Å². The summed E-state index contributed by atoms with van der Waals surface area (Å²) in [6, 6.07) is 1.55. The van der Waals surface area contributed by atoms with Gasteiger partial charge < -0.3 is 15.7 Å². The van der Waals surface area contributed by atoms with E-state index in [1.165, 1.54) is 19.3 Å². The van der Waals surface area contributed by atoms with Crippen LogP contribution in [0.15, 0.2) is 18.5 Å². The van der Waals surface area contributed by atoms with Gasteiger partial charge >= 0.3 is 0 Å². The van der Waals surface area contributed by atoms with E-state index in [1.807, 2.05) is 0 Å². The molecular weight excluding hydrogens is 246 g/mol. The summed E-state index contributed by atoms with van der Waals surface area (Å²) >= 11 is 0. The normalized spacial score (nSPS) is 9.16. The molecule has 1 aromatic heterocycles. The molecule has 0 aliphatic heterocycles. The molecule has 1 rings (SSSR count). The Morgan fingerprint density at radius 2 is 2.11 bits per heavy atom. The van der Waals surface area contributed by atoms with E-state index >= 15 is 0 Å². The Hall–Kier alpha value is -2.39. The third kappa shape index (κ3) is 5.19. The number of aliphatic hydroxyl groups excluding tert-OH is 1. The number of nitrogens with one attached hydrogen (secondary N) is 2. The number of aliphatic hydroxyl groups is 1. The van der Waals surface area contributed by atoms with Crippen LogP contribution in [0.2, 0.25) is 0 Å². The van der Waals surface area contributed by atoms with Crippen LogP contribution in [0.1, 0.15) is 22.8 Å². The minimum absolute atomic E-state index is 0.146. The molecule has 6 nitrogen and oxygen atoms in total. The Labute approximate surface area is 111 Å². The minimum atomic E-state index is -0.296. The number of aromatic nitrogens is 1. The van der Waals surface area contributed by atoms with Gasteiger partial charge in [0, 0.05) is 32.4 Å². The number of pyridine rings is 1. The van der Waals surface area contributed by atoms with Gasteiger partial charge in [0.2, 0.25) is 5.91 Å². The van der Waals surface area contributed by atoms with Gasteiger partial charge in [0.25, 0.3) is 5.91 Å².